The lowest BCUT2D eigenvalue weighted by Crippen LogP contribution is -2.44. The lowest BCUT2D eigenvalue weighted by Gasteiger charge is -2.36. The van der Waals surface area contributed by atoms with E-state index in [2.05, 4.69) is 4.90 Å². The molecule has 0 saturated carbocycles. The molecule has 2 atom stereocenters. The zero-order chi connectivity index (χ0) is 28.0. The Balaban J connectivity index is 1.34. The van der Waals surface area contributed by atoms with Crippen molar-refractivity contribution in [2.45, 2.75) is 76.2 Å². The molecule has 212 valence electrons. The van der Waals surface area contributed by atoms with Crippen LogP contribution in [-0.2, 0) is 4.74 Å². The highest BCUT2D eigenvalue weighted by molar-refractivity contribution is 5.94. The van der Waals surface area contributed by atoms with Gasteiger partial charge in [0.15, 0.2) is 0 Å². The summed E-state index contributed by atoms with van der Waals surface area (Å²) in [5, 5.41) is 19.6. The molecular formula is C31H41F2N3O3. The van der Waals surface area contributed by atoms with E-state index in [1.165, 1.54) is 0 Å². The Kier molecular flexibility index (Phi) is 9.45. The highest BCUT2D eigenvalue weighted by Crippen LogP contribution is 2.38. The number of hydrogen-bond donors (Lipinski definition) is 1. The smallest absolute Gasteiger partial charge is 0.256 e. The number of aliphatic hydroxyl groups excluding tert-OH is 1. The number of ether oxygens (including phenoxy) is 1. The van der Waals surface area contributed by atoms with Gasteiger partial charge in [0, 0.05) is 31.6 Å². The van der Waals surface area contributed by atoms with Gasteiger partial charge in [-0.25, -0.2) is 8.78 Å². The van der Waals surface area contributed by atoms with Crippen molar-refractivity contribution in [3.8, 4) is 6.07 Å². The standard InChI is InChI=1S/C31H41F2N3O3/c1-3-30(32,4-2)22-35-16-13-23(14-17-35)20-39-28-12-11-26(18-31(28,33)21-34)24-7-9-25(10-8-24)29(38)36-15-5-6-27(37)19-36/h7-12,23,27,37H,3-6,13-20,22H2,1-2H3/t27?,31-/m1/s1. The van der Waals surface area contributed by atoms with Crippen LogP contribution in [0.4, 0.5) is 8.78 Å². The summed E-state index contributed by atoms with van der Waals surface area (Å²) < 4.78 is 36.4. The van der Waals surface area contributed by atoms with Crippen LogP contribution in [0.2, 0.25) is 0 Å². The number of alkyl halides is 2. The molecule has 2 saturated heterocycles. The second-order valence-electron chi connectivity index (χ2n) is 11.3. The van der Waals surface area contributed by atoms with Crippen LogP contribution < -0.4 is 0 Å². The van der Waals surface area contributed by atoms with E-state index in [0.29, 0.717) is 56.6 Å². The average molecular weight is 542 g/mol. The van der Waals surface area contributed by atoms with Gasteiger partial charge >= 0.3 is 0 Å². The molecule has 4 rings (SSSR count). The van der Waals surface area contributed by atoms with E-state index in [1.807, 2.05) is 13.8 Å². The highest BCUT2D eigenvalue weighted by atomic mass is 19.1. The molecular weight excluding hydrogens is 500 g/mol. The number of rotatable bonds is 9. The fourth-order valence-electron chi connectivity index (χ4n) is 5.71. The Bertz CT molecular complexity index is 1100. The minimum absolute atomic E-state index is 0.0337. The molecule has 0 radical (unpaired) electrons. The summed E-state index contributed by atoms with van der Waals surface area (Å²) in [6.07, 6.45) is 6.91. The summed E-state index contributed by atoms with van der Waals surface area (Å²) in [5.74, 6) is 0.140. The fraction of sp³-hybridized carbons (Fsp3) is 0.613. The van der Waals surface area contributed by atoms with Gasteiger partial charge in [0.05, 0.1) is 12.7 Å². The molecule has 1 N–H and O–H groups in total. The van der Waals surface area contributed by atoms with E-state index in [1.54, 1.807) is 47.4 Å². The highest BCUT2D eigenvalue weighted by Gasteiger charge is 2.40. The Hall–Kier alpha value is -2.76. The van der Waals surface area contributed by atoms with Gasteiger partial charge < -0.3 is 19.6 Å². The van der Waals surface area contributed by atoms with Crippen molar-refractivity contribution in [2.24, 2.45) is 5.92 Å². The maximum atomic E-state index is 15.7. The van der Waals surface area contributed by atoms with Crippen LogP contribution in [0.3, 0.4) is 0 Å². The largest absolute Gasteiger partial charge is 0.493 e. The van der Waals surface area contributed by atoms with Gasteiger partial charge in [-0.2, -0.15) is 5.26 Å². The van der Waals surface area contributed by atoms with Gasteiger partial charge in [0.2, 0.25) is 0 Å². The molecule has 1 aromatic rings. The van der Waals surface area contributed by atoms with Gasteiger partial charge in [0.1, 0.15) is 17.5 Å². The zero-order valence-corrected chi connectivity index (χ0v) is 23.2. The van der Waals surface area contributed by atoms with Gasteiger partial charge in [-0.05, 0) is 86.9 Å². The van der Waals surface area contributed by atoms with Crippen molar-refractivity contribution in [3.05, 3.63) is 53.3 Å². The van der Waals surface area contributed by atoms with Crippen molar-refractivity contribution >= 4 is 11.5 Å². The van der Waals surface area contributed by atoms with E-state index in [9.17, 15) is 19.6 Å². The first-order valence-corrected chi connectivity index (χ1v) is 14.3. The molecule has 2 heterocycles. The Morgan fingerprint density at radius 3 is 2.46 bits per heavy atom. The molecule has 1 amide bonds. The topological polar surface area (TPSA) is 76.8 Å². The molecule has 1 aromatic carbocycles. The second kappa shape index (κ2) is 12.6. The molecule has 0 spiro atoms. The monoisotopic (exact) mass is 541 g/mol. The molecule has 2 fully saturated rings. The molecule has 1 unspecified atom stereocenters. The number of benzene rings is 1. The average Bonchev–Trinajstić information content (AvgIpc) is 2.97. The van der Waals surface area contributed by atoms with E-state index < -0.39 is 17.4 Å². The summed E-state index contributed by atoms with van der Waals surface area (Å²) >= 11 is 0. The van der Waals surface area contributed by atoms with Crippen molar-refractivity contribution < 1.29 is 23.4 Å². The van der Waals surface area contributed by atoms with Crippen LogP contribution >= 0.6 is 0 Å². The van der Waals surface area contributed by atoms with Gasteiger partial charge in [-0.15, -0.1) is 0 Å². The van der Waals surface area contributed by atoms with Crippen LogP contribution in [0.1, 0.15) is 74.7 Å². The number of allylic oxidation sites excluding steroid dienone is 4. The Labute approximate surface area is 230 Å². The van der Waals surface area contributed by atoms with Gasteiger partial charge in [-0.1, -0.05) is 32.1 Å². The first-order chi connectivity index (χ1) is 18.7. The number of amides is 1. The summed E-state index contributed by atoms with van der Waals surface area (Å²) in [4.78, 5) is 16.6. The quantitative estimate of drug-likeness (QED) is 0.450. The van der Waals surface area contributed by atoms with E-state index in [0.717, 1.165) is 37.9 Å². The summed E-state index contributed by atoms with van der Waals surface area (Å²) in [5.41, 5.74) is -1.49. The number of likely N-dealkylation sites (tertiary alicyclic amines) is 2. The SMILES string of the molecule is CCC(F)(CC)CN1CCC(COC2=CC=C(c3ccc(C(=O)N4CCCC(O)C4)cc3)C[C@@]2(F)C#N)CC1. The predicted molar refractivity (Wildman–Crippen MR) is 147 cm³/mol. The molecule has 1 aliphatic carbocycles. The van der Waals surface area contributed by atoms with E-state index in [4.69, 9.17) is 4.74 Å². The van der Waals surface area contributed by atoms with E-state index in [-0.39, 0.29) is 24.0 Å². The lowest BCUT2D eigenvalue weighted by atomic mass is 9.86. The van der Waals surface area contributed by atoms with Gasteiger partial charge in [-0.3, -0.25) is 4.79 Å². The molecule has 0 aromatic heterocycles. The molecule has 6 nitrogen and oxygen atoms in total. The number of nitrogens with zero attached hydrogens (tertiary/aromatic N) is 3. The van der Waals surface area contributed by atoms with Crippen molar-refractivity contribution in [1.29, 1.82) is 5.26 Å². The van der Waals surface area contributed by atoms with Crippen LogP contribution in [0.25, 0.3) is 5.57 Å². The fourth-order valence-corrected chi connectivity index (χ4v) is 5.71. The molecule has 0 bridgehead atoms. The number of aliphatic hydroxyl groups is 1. The molecule has 8 heteroatoms. The third kappa shape index (κ3) is 7.06. The normalized spacial score (nSPS) is 25.0. The number of halogens is 2. The molecule has 2 aliphatic heterocycles. The van der Waals surface area contributed by atoms with Crippen LogP contribution in [-0.4, -0.2) is 77.6 Å². The minimum atomic E-state index is -2.26. The maximum Gasteiger partial charge on any atom is 0.256 e. The van der Waals surface area contributed by atoms with Crippen molar-refractivity contribution in [2.75, 3.05) is 39.3 Å². The maximum absolute atomic E-state index is 15.7. The van der Waals surface area contributed by atoms with Crippen LogP contribution in [0.15, 0.2) is 42.2 Å². The number of hydrogen-bond acceptors (Lipinski definition) is 5. The second-order valence-corrected chi connectivity index (χ2v) is 11.3. The first kappa shape index (κ1) is 29.2. The van der Waals surface area contributed by atoms with Gasteiger partial charge in [0.25, 0.3) is 11.6 Å². The van der Waals surface area contributed by atoms with Crippen molar-refractivity contribution in [3.63, 3.8) is 0 Å². The predicted octanol–water partition coefficient (Wildman–Crippen LogP) is 5.44. The lowest BCUT2D eigenvalue weighted by molar-refractivity contribution is 0.0407. The Morgan fingerprint density at radius 2 is 1.85 bits per heavy atom. The Morgan fingerprint density at radius 1 is 1.15 bits per heavy atom. The molecule has 3 aliphatic rings. The number of β-amino-alcohol motifs (C(OH)–C–C–N with tert-alkyl or cyclic N) is 1. The van der Waals surface area contributed by atoms with Crippen LogP contribution in [0, 0.1) is 17.2 Å². The number of carbonyl (C=O) groups excluding carboxylic acids is 1. The third-order valence-corrected chi connectivity index (χ3v) is 8.58. The zero-order valence-electron chi connectivity index (χ0n) is 23.2. The number of nitriles is 1. The minimum Gasteiger partial charge on any atom is -0.493 e. The molecule has 39 heavy (non-hydrogen) atoms. The first-order valence-electron chi connectivity index (χ1n) is 14.3. The third-order valence-electron chi connectivity index (χ3n) is 8.58. The van der Waals surface area contributed by atoms with E-state index >= 15 is 4.39 Å². The number of piperidine rings is 2. The van der Waals surface area contributed by atoms with Crippen molar-refractivity contribution in [1.82, 2.24) is 9.80 Å². The van der Waals surface area contributed by atoms with Crippen LogP contribution in [0.5, 0.6) is 0 Å². The summed E-state index contributed by atoms with van der Waals surface area (Å²) in [6.45, 7) is 7.10. The summed E-state index contributed by atoms with van der Waals surface area (Å²) in [6, 6.07) is 8.77. The summed E-state index contributed by atoms with van der Waals surface area (Å²) in [7, 11) is 0. The number of carbonyl (C=O) groups is 1.